The Bertz CT molecular complexity index is 563. The van der Waals surface area contributed by atoms with Crippen LogP contribution < -0.4 is 5.32 Å². The molecule has 0 saturated carbocycles. The second-order valence-electron chi connectivity index (χ2n) is 9.23. The third-order valence-electron chi connectivity index (χ3n) is 6.56. The zero-order valence-electron chi connectivity index (χ0n) is 19.8. The highest BCUT2D eigenvalue weighted by Gasteiger charge is 2.25. The zero-order valence-corrected chi connectivity index (χ0v) is 19.8. The summed E-state index contributed by atoms with van der Waals surface area (Å²) in [5.74, 6) is 0.227. The molecule has 1 saturated heterocycles. The Morgan fingerprint density at radius 3 is 1.87 bits per heavy atom. The number of hydrogen-bond acceptors (Lipinski definition) is 2. The van der Waals surface area contributed by atoms with Gasteiger partial charge in [0.2, 0.25) is 0 Å². The number of nitrogens with one attached hydrogen (secondary N) is 1. The highest BCUT2D eigenvalue weighted by Crippen LogP contribution is 2.18. The molecule has 1 heterocycles. The smallest absolute Gasteiger partial charge is 0.254 e. The van der Waals surface area contributed by atoms with E-state index in [1.807, 2.05) is 12.1 Å². The molecule has 0 atom stereocenters. The fourth-order valence-corrected chi connectivity index (χ4v) is 4.55. The van der Waals surface area contributed by atoms with Gasteiger partial charge in [-0.2, -0.15) is 0 Å². The van der Waals surface area contributed by atoms with Crippen molar-refractivity contribution in [1.29, 1.82) is 0 Å². The first-order valence-electron chi connectivity index (χ1n) is 12.8. The van der Waals surface area contributed by atoms with Gasteiger partial charge >= 0.3 is 0 Å². The highest BCUT2D eigenvalue weighted by atomic mass is 16.2. The molecule has 1 aromatic carbocycles. The average Bonchev–Trinajstić information content (AvgIpc) is 2.78. The van der Waals surface area contributed by atoms with E-state index in [4.69, 9.17) is 0 Å². The molecule has 1 fully saturated rings. The van der Waals surface area contributed by atoms with Crippen molar-refractivity contribution < 1.29 is 4.79 Å². The summed E-state index contributed by atoms with van der Waals surface area (Å²) in [4.78, 5) is 15.4. The summed E-state index contributed by atoms with van der Waals surface area (Å²) in [5.41, 5.74) is 2.05. The van der Waals surface area contributed by atoms with E-state index in [2.05, 4.69) is 36.2 Å². The van der Waals surface area contributed by atoms with Crippen LogP contribution in [0.15, 0.2) is 24.3 Å². The van der Waals surface area contributed by atoms with Crippen molar-refractivity contribution in [1.82, 2.24) is 10.2 Å². The van der Waals surface area contributed by atoms with Crippen LogP contribution in [0.1, 0.15) is 113 Å². The quantitative estimate of drug-likeness (QED) is 0.317. The average molecular weight is 415 g/mol. The van der Waals surface area contributed by atoms with Crippen LogP contribution in [0.25, 0.3) is 0 Å². The second kappa shape index (κ2) is 15.5. The molecule has 1 aliphatic rings. The van der Waals surface area contributed by atoms with Gasteiger partial charge in [0.15, 0.2) is 0 Å². The van der Waals surface area contributed by atoms with Gasteiger partial charge in [0.05, 0.1) is 0 Å². The maximum absolute atomic E-state index is 13.2. The van der Waals surface area contributed by atoms with Gasteiger partial charge in [0.1, 0.15) is 0 Å². The van der Waals surface area contributed by atoms with Crippen molar-refractivity contribution in [2.45, 2.75) is 110 Å². The van der Waals surface area contributed by atoms with Crippen LogP contribution in [0.3, 0.4) is 0 Å². The Hall–Kier alpha value is -1.35. The van der Waals surface area contributed by atoms with Gasteiger partial charge in [-0.1, -0.05) is 95.2 Å². The van der Waals surface area contributed by atoms with E-state index in [1.54, 1.807) is 0 Å². The molecule has 3 heteroatoms. The second-order valence-corrected chi connectivity index (χ2v) is 9.23. The molecule has 2 rings (SSSR count). The molecule has 1 N–H and O–H groups in total. The molecule has 0 aromatic heterocycles. The van der Waals surface area contributed by atoms with Crippen molar-refractivity contribution in [3.63, 3.8) is 0 Å². The van der Waals surface area contributed by atoms with Crippen LogP contribution >= 0.6 is 0 Å². The van der Waals surface area contributed by atoms with Gasteiger partial charge in [-0.05, 0) is 51.4 Å². The summed E-state index contributed by atoms with van der Waals surface area (Å²) >= 11 is 0. The molecule has 0 spiro atoms. The van der Waals surface area contributed by atoms with E-state index in [9.17, 15) is 4.79 Å². The molecule has 0 bridgehead atoms. The van der Waals surface area contributed by atoms with E-state index in [1.165, 1.54) is 76.2 Å². The molecule has 1 aromatic rings. The molecule has 0 unspecified atom stereocenters. The first-order valence-corrected chi connectivity index (χ1v) is 12.8. The number of benzene rings is 1. The van der Waals surface area contributed by atoms with Gasteiger partial charge in [-0.25, -0.2) is 0 Å². The summed E-state index contributed by atoms with van der Waals surface area (Å²) in [6.45, 7) is 7.33. The van der Waals surface area contributed by atoms with Crippen molar-refractivity contribution >= 4 is 5.91 Å². The minimum atomic E-state index is 0.227. The van der Waals surface area contributed by atoms with Crippen LogP contribution in [0, 0.1) is 6.92 Å². The monoisotopic (exact) mass is 414 g/mol. The lowest BCUT2D eigenvalue weighted by Gasteiger charge is -2.35. The maximum Gasteiger partial charge on any atom is 0.254 e. The number of hydrogen-bond donors (Lipinski definition) is 1. The van der Waals surface area contributed by atoms with Gasteiger partial charge in [0, 0.05) is 18.2 Å². The van der Waals surface area contributed by atoms with Crippen molar-refractivity contribution in [2.75, 3.05) is 19.6 Å². The number of aryl methyl sites for hydroxylation is 1. The summed E-state index contributed by atoms with van der Waals surface area (Å²) in [7, 11) is 0. The normalized spacial score (nSPS) is 14.7. The molecule has 1 aliphatic heterocycles. The van der Waals surface area contributed by atoms with Gasteiger partial charge < -0.3 is 10.2 Å². The highest BCUT2D eigenvalue weighted by molar-refractivity contribution is 5.94. The maximum atomic E-state index is 13.2. The number of unbranched alkanes of at least 4 members (excludes halogenated alkanes) is 11. The van der Waals surface area contributed by atoms with E-state index >= 15 is 0 Å². The lowest BCUT2D eigenvalue weighted by molar-refractivity contribution is 0.0638. The predicted octanol–water partition coefficient (Wildman–Crippen LogP) is 6.89. The summed E-state index contributed by atoms with van der Waals surface area (Å²) < 4.78 is 0. The van der Waals surface area contributed by atoms with Gasteiger partial charge in [-0.3, -0.25) is 4.79 Å². The van der Waals surface area contributed by atoms with Gasteiger partial charge in [-0.15, -0.1) is 0 Å². The Morgan fingerprint density at radius 1 is 0.833 bits per heavy atom. The summed E-state index contributed by atoms with van der Waals surface area (Å²) in [6, 6.07) is 8.49. The Labute approximate surface area is 186 Å². The zero-order chi connectivity index (χ0) is 21.4. The number of amides is 1. The topological polar surface area (TPSA) is 32.3 Å². The fourth-order valence-electron chi connectivity index (χ4n) is 4.55. The summed E-state index contributed by atoms with van der Waals surface area (Å²) in [5, 5.41) is 3.43. The SMILES string of the molecule is CCCCCCCCCCCCCCN(C(=O)c1ccc(C)cc1)C1CCNCC1. The molecular formula is C27H46N2O. The van der Waals surface area contributed by atoms with Gasteiger partial charge in [0.25, 0.3) is 5.91 Å². The fraction of sp³-hybridized carbons (Fsp3) is 0.741. The van der Waals surface area contributed by atoms with Crippen LogP contribution in [0.4, 0.5) is 0 Å². The van der Waals surface area contributed by atoms with Crippen LogP contribution in [0.2, 0.25) is 0 Å². The first-order chi connectivity index (χ1) is 14.7. The minimum absolute atomic E-state index is 0.227. The van der Waals surface area contributed by atoms with E-state index < -0.39 is 0 Å². The van der Waals surface area contributed by atoms with Crippen LogP contribution in [0.5, 0.6) is 0 Å². The Morgan fingerprint density at radius 2 is 1.33 bits per heavy atom. The molecular weight excluding hydrogens is 368 g/mol. The molecule has 0 radical (unpaired) electrons. The number of carbonyl (C=O) groups excluding carboxylic acids is 1. The largest absolute Gasteiger partial charge is 0.336 e. The lowest BCUT2D eigenvalue weighted by Crippen LogP contribution is -2.46. The minimum Gasteiger partial charge on any atom is -0.336 e. The van der Waals surface area contributed by atoms with Crippen molar-refractivity contribution in [3.05, 3.63) is 35.4 Å². The number of carbonyl (C=O) groups is 1. The number of rotatable bonds is 15. The standard InChI is InChI=1S/C27H46N2O/c1-3-4-5-6-7-8-9-10-11-12-13-14-23-29(26-19-21-28-22-20-26)27(30)25-17-15-24(2)16-18-25/h15-18,26,28H,3-14,19-23H2,1-2H3. The summed E-state index contributed by atoms with van der Waals surface area (Å²) in [6.07, 6.45) is 18.4. The third kappa shape index (κ3) is 9.64. The number of piperidine rings is 1. The molecule has 0 aliphatic carbocycles. The predicted molar refractivity (Wildman–Crippen MR) is 129 cm³/mol. The van der Waals surface area contributed by atoms with E-state index in [0.717, 1.165) is 44.5 Å². The van der Waals surface area contributed by atoms with E-state index in [-0.39, 0.29) is 5.91 Å². The first kappa shape index (κ1) is 24.9. The molecule has 1 amide bonds. The van der Waals surface area contributed by atoms with E-state index in [0.29, 0.717) is 6.04 Å². The lowest BCUT2D eigenvalue weighted by atomic mass is 10.0. The van der Waals surface area contributed by atoms with Crippen LogP contribution in [-0.2, 0) is 0 Å². The van der Waals surface area contributed by atoms with Crippen LogP contribution in [-0.4, -0.2) is 36.5 Å². The molecule has 170 valence electrons. The van der Waals surface area contributed by atoms with Crippen molar-refractivity contribution in [3.8, 4) is 0 Å². The Kier molecular flexibility index (Phi) is 12.8. The number of nitrogens with zero attached hydrogens (tertiary/aromatic N) is 1. The Balaban J connectivity index is 1.65. The third-order valence-corrected chi connectivity index (χ3v) is 6.56. The van der Waals surface area contributed by atoms with Crippen molar-refractivity contribution in [2.24, 2.45) is 0 Å². The molecule has 3 nitrogen and oxygen atoms in total. The molecule has 30 heavy (non-hydrogen) atoms.